The fourth-order valence-electron chi connectivity index (χ4n) is 1.58. The standard InChI is InChI=1S/C8H16O4/c1-7(9)6-12-5-4-8(7,10-2)11-3/h9H,4-6H2,1-3H3. The summed E-state index contributed by atoms with van der Waals surface area (Å²) in [5.74, 6) is -0.911. The van der Waals surface area contributed by atoms with Gasteiger partial charge in [-0.1, -0.05) is 0 Å². The molecule has 1 atom stereocenters. The van der Waals surface area contributed by atoms with Crippen molar-refractivity contribution in [1.82, 2.24) is 0 Å². The molecule has 1 unspecified atom stereocenters. The Morgan fingerprint density at radius 1 is 1.33 bits per heavy atom. The molecule has 0 aromatic carbocycles. The van der Waals surface area contributed by atoms with E-state index in [0.717, 1.165) is 0 Å². The van der Waals surface area contributed by atoms with Crippen molar-refractivity contribution in [3.05, 3.63) is 0 Å². The van der Waals surface area contributed by atoms with Gasteiger partial charge in [-0.05, 0) is 6.92 Å². The van der Waals surface area contributed by atoms with E-state index < -0.39 is 11.4 Å². The number of methoxy groups -OCH3 is 2. The van der Waals surface area contributed by atoms with Crippen LogP contribution in [0.15, 0.2) is 0 Å². The monoisotopic (exact) mass is 176 g/mol. The van der Waals surface area contributed by atoms with E-state index >= 15 is 0 Å². The lowest BCUT2D eigenvalue weighted by Crippen LogP contribution is -2.60. The zero-order chi connectivity index (χ0) is 9.24. The number of hydrogen-bond acceptors (Lipinski definition) is 4. The molecule has 1 aliphatic rings. The maximum atomic E-state index is 9.91. The fourth-order valence-corrected chi connectivity index (χ4v) is 1.58. The first-order valence-electron chi connectivity index (χ1n) is 3.98. The summed E-state index contributed by atoms with van der Waals surface area (Å²) in [6.07, 6.45) is 0.549. The van der Waals surface area contributed by atoms with Crippen molar-refractivity contribution in [2.75, 3.05) is 27.4 Å². The first-order chi connectivity index (χ1) is 5.58. The predicted octanol–water partition coefficient (Wildman–Crippen LogP) is 0.147. The number of rotatable bonds is 2. The van der Waals surface area contributed by atoms with Gasteiger partial charge in [0.1, 0.15) is 5.60 Å². The van der Waals surface area contributed by atoms with E-state index in [1.54, 1.807) is 6.92 Å². The summed E-state index contributed by atoms with van der Waals surface area (Å²) in [6.45, 7) is 2.45. The van der Waals surface area contributed by atoms with Gasteiger partial charge in [0.05, 0.1) is 13.2 Å². The Hall–Kier alpha value is -0.160. The van der Waals surface area contributed by atoms with Crippen molar-refractivity contribution in [3.8, 4) is 0 Å². The van der Waals surface area contributed by atoms with Gasteiger partial charge in [0.15, 0.2) is 0 Å². The number of aliphatic hydroxyl groups is 1. The third kappa shape index (κ3) is 1.35. The Bertz CT molecular complexity index is 151. The molecular formula is C8H16O4. The van der Waals surface area contributed by atoms with Crippen LogP contribution >= 0.6 is 0 Å². The molecule has 1 aliphatic heterocycles. The zero-order valence-electron chi connectivity index (χ0n) is 7.79. The van der Waals surface area contributed by atoms with Gasteiger partial charge >= 0.3 is 0 Å². The molecule has 0 aromatic heterocycles. The molecule has 72 valence electrons. The summed E-state index contributed by atoms with van der Waals surface area (Å²) >= 11 is 0. The third-order valence-corrected chi connectivity index (χ3v) is 2.44. The molecule has 0 radical (unpaired) electrons. The fraction of sp³-hybridized carbons (Fsp3) is 1.00. The molecule has 1 saturated heterocycles. The normalized spacial score (nSPS) is 35.0. The highest BCUT2D eigenvalue weighted by Gasteiger charge is 2.50. The van der Waals surface area contributed by atoms with Crippen LogP contribution in [0.5, 0.6) is 0 Å². The van der Waals surface area contributed by atoms with E-state index in [9.17, 15) is 5.11 Å². The smallest absolute Gasteiger partial charge is 0.201 e. The minimum absolute atomic E-state index is 0.245. The van der Waals surface area contributed by atoms with E-state index in [0.29, 0.717) is 13.0 Å². The van der Waals surface area contributed by atoms with Crippen LogP contribution in [-0.4, -0.2) is 43.9 Å². The minimum Gasteiger partial charge on any atom is -0.382 e. The van der Waals surface area contributed by atoms with Crippen LogP contribution < -0.4 is 0 Å². The highest BCUT2D eigenvalue weighted by molar-refractivity contribution is 4.93. The Labute approximate surface area is 72.4 Å². The molecule has 4 nitrogen and oxygen atoms in total. The molecule has 0 saturated carbocycles. The molecule has 1 N–H and O–H groups in total. The lowest BCUT2D eigenvalue weighted by atomic mass is 9.91. The molecule has 0 spiro atoms. The van der Waals surface area contributed by atoms with Crippen LogP contribution in [0, 0.1) is 0 Å². The Morgan fingerprint density at radius 3 is 2.25 bits per heavy atom. The van der Waals surface area contributed by atoms with Crippen molar-refractivity contribution in [2.24, 2.45) is 0 Å². The summed E-state index contributed by atoms with van der Waals surface area (Å²) in [4.78, 5) is 0. The largest absolute Gasteiger partial charge is 0.382 e. The maximum absolute atomic E-state index is 9.91. The highest BCUT2D eigenvalue weighted by atomic mass is 16.7. The van der Waals surface area contributed by atoms with Crippen molar-refractivity contribution >= 4 is 0 Å². The van der Waals surface area contributed by atoms with Crippen LogP contribution in [0.1, 0.15) is 13.3 Å². The summed E-state index contributed by atoms with van der Waals surface area (Å²) in [5, 5.41) is 9.91. The van der Waals surface area contributed by atoms with E-state index in [2.05, 4.69) is 0 Å². The van der Waals surface area contributed by atoms with E-state index in [4.69, 9.17) is 14.2 Å². The van der Waals surface area contributed by atoms with Crippen LogP contribution in [0.2, 0.25) is 0 Å². The number of ether oxygens (including phenoxy) is 3. The molecule has 0 aliphatic carbocycles. The zero-order valence-corrected chi connectivity index (χ0v) is 7.79. The molecule has 1 heterocycles. The van der Waals surface area contributed by atoms with Crippen molar-refractivity contribution in [1.29, 1.82) is 0 Å². The summed E-state index contributed by atoms with van der Waals surface area (Å²) < 4.78 is 15.5. The van der Waals surface area contributed by atoms with Gasteiger partial charge < -0.3 is 19.3 Å². The second kappa shape index (κ2) is 3.30. The van der Waals surface area contributed by atoms with Gasteiger partial charge in [-0.3, -0.25) is 0 Å². The third-order valence-electron chi connectivity index (χ3n) is 2.44. The van der Waals surface area contributed by atoms with Crippen LogP contribution in [0.3, 0.4) is 0 Å². The van der Waals surface area contributed by atoms with Crippen molar-refractivity contribution < 1.29 is 19.3 Å². The van der Waals surface area contributed by atoms with Crippen LogP contribution in [0.25, 0.3) is 0 Å². The first-order valence-corrected chi connectivity index (χ1v) is 3.98. The van der Waals surface area contributed by atoms with E-state index in [1.807, 2.05) is 0 Å². The first kappa shape index (κ1) is 9.92. The van der Waals surface area contributed by atoms with E-state index in [1.165, 1.54) is 14.2 Å². The SMILES string of the molecule is COC1(OC)CCOCC1(C)O. The van der Waals surface area contributed by atoms with Crippen LogP contribution in [-0.2, 0) is 14.2 Å². The van der Waals surface area contributed by atoms with Crippen molar-refractivity contribution in [3.63, 3.8) is 0 Å². The highest BCUT2D eigenvalue weighted by Crippen LogP contribution is 2.33. The Morgan fingerprint density at radius 2 is 1.92 bits per heavy atom. The Kier molecular flexibility index (Phi) is 2.73. The molecule has 0 bridgehead atoms. The quantitative estimate of drug-likeness (QED) is 0.608. The van der Waals surface area contributed by atoms with Gasteiger partial charge in [0.2, 0.25) is 5.79 Å². The summed E-state index contributed by atoms with van der Waals surface area (Å²) in [5.41, 5.74) is -1.07. The summed E-state index contributed by atoms with van der Waals surface area (Å²) in [6, 6.07) is 0. The lowest BCUT2D eigenvalue weighted by molar-refractivity contribution is -0.331. The molecule has 0 aromatic rings. The van der Waals surface area contributed by atoms with Gasteiger partial charge in [0.25, 0.3) is 0 Å². The number of hydrogen-bond donors (Lipinski definition) is 1. The Balaban J connectivity index is 2.81. The average Bonchev–Trinajstić information content (AvgIpc) is 2.05. The topological polar surface area (TPSA) is 47.9 Å². The maximum Gasteiger partial charge on any atom is 0.201 e. The van der Waals surface area contributed by atoms with Gasteiger partial charge in [-0.15, -0.1) is 0 Å². The molecular weight excluding hydrogens is 160 g/mol. The van der Waals surface area contributed by atoms with Gasteiger partial charge in [-0.2, -0.15) is 0 Å². The average molecular weight is 176 g/mol. The molecule has 1 rings (SSSR count). The van der Waals surface area contributed by atoms with Gasteiger partial charge in [0, 0.05) is 20.6 Å². The van der Waals surface area contributed by atoms with Crippen molar-refractivity contribution in [2.45, 2.75) is 24.7 Å². The minimum atomic E-state index is -1.07. The van der Waals surface area contributed by atoms with Gasteiger partial charge in [-0.25, -0.2) is 0 Å². The summed E-state index contributed by atoms with van der Waals surface area (Å²) in [7, 11) is 3.06. The van der Waals surface area contributed by atoms with E-state index in [-0.39, 0.29) is 6.61 Å². The van der Waals surface area contributed by atoms with Crippen LogP contribution in [0.4, 0.5) is 0 Å². The molecule has 1 fully saturated rings. The second-order valence-corrected chi connectivity index (χ2v) is 3.24. The molecule has 0 amide bonds. The lowest BCUT2D eigenvalue weighted by Gasteiger charge is -2.45. The predicted molar refractivity (Wildman–Crippen MR) is 42.8 cm³/mol. The second-order valence-electron chi connectivity index (χ2n) is 3.24. The molecule has 12 heavy (non-hydrogen) atoms. The molecule has 4 heteroatoms.